The van der Waals surface area contributed by atoms with E-state index in [0.29, 0.717) is 18.6 Å². The van der Waals surface area contributed by atoms with Crippen LogP contribution in [0.1, 0.15) is 37.4 Å². The summed E-state index contributed by atoms with van der Waals surface area (Å²) in [5, 5.41) is 0. The van der Waals surface area contributed by atoms with E-state index in [2.05, 4.69) is 66.8 Å². The molecule has 2 atom stereocenters. The van der Waals surface area contributed by atoms with E-state index < -0.39 is 0 Å². The van der Waals surface area contributed by atoms with Crippen LogP contribution in [0.25, 0.3) is 0 Å². The minimum absolute atomic E-state index is 0.293. The quantitative estimate of drug-likeness (QED) is 0.902. The summed E-state index contributed by atoms with van der Waals surface area (Å²) in [4.78, 5) is 2.36. The SMILES string of the molecule is CCC(C)N(C)C(CN)c1ccc(C)c(Br)c1. The first kappa shape index (κ1) is 14.7. The van der Waals surface area contributed by atoms with E-state index >= 15 is 0 Å². The van der Waals surface area contributed by atoms with Crippen LogP contribution in [-0.2, 0) is 0 Å². The van der Waals surface area contributed by atoms with Gasteiger partial charge in [0.15, 0.2) is 0 Å². The lowest BCUT2D eigenvalue weighted by Crippen LogP contribution is -2.36. The largest absolute Gasteiger partial charge is 0.329 e. The molecule has 0 aliphatic heterocycles. The summed E-state index contributed by atoms with van der Waals surface area (Å²) in [6.45, 7) is 7.20. The summed E-state index contributed by atoms with van der Waals surface area (Å²) in [6, 6.07) is 7.35. The number of rotatable bonds is 5. The first-order chi connectivity index (χ1) is 8.01. The molecule has 2 nitrogen and oxygen atoms in total. The summed E-state index contributed by atoms with van der Waals surface area (Å²) in [6.07, 6.45) is 1.14. The van der Waals surface area contributed by atoms with Gasteiger partial charge >= 0.3 is 0 Å². The number of hydrogen-bond acceptors (Lipinski definition) is 2. The summed E-state index contributed by atoms with van der Waals surface area (Å²) >= 11 is 3.59. The van der Waals surface area contributed by atoms with E-state index in [0.717, 1.165) is 10.9 Å². The fourth-order valence-corrected chi connectivity index (χ4v) is 2.35. The molecule has 0 aliphatic rings. The van der Waals surface area contributed by atoms with Crippen molar-refractivity contribution in [2.45, 2.75) is 39.3 Å². The Hall–Kier alpha value is -0.380. The van der Waals surface area contributed by atoms with Gasteiger partial charge in [-0.05, 0) is 44.5 Å². The van der Waals surface area contributed by atoms with E-state index in [4.69, 9.17) is 5.73 Å². The third kappa shape index (κ3) is 3.54. The summed E-state index contributed by atoms with van der Waals surface area (Å²) in [7, 11) is 2.15. The summed E-state index contributed by atoms with van der Waals surface area (Å²) < 4.78 is 1.16. The smallest absolute Gasteiger partial charge is 0.0470 e. The topological polar surface area (TPSA) is 29.3 Å². The maximum atomic E-state index is 5.93. The molecule has 0 heterocycles. The molecule has 0 spiro atoms. The molecule has 0 saturated carbocycles. The number of halogens is 1. The van der Waals surface area contributed by atoms with Crippen molar-refractivity contribution >= 4 is 15.9 Å². The predicted octanol–water partition coefficient (Wildman–Crippen LogP) is 3.49. The molecule has 1 aromatic carbocycles. The van der Waals surface area contributed by atoms with Crippen LogP contribution < -0.4 is 5.73 Å². The molecule has 17 heavy (non-hydrogen) atoms. The Bertz CT molecular complexity index is 365. The van der Waals surface area contributed by atoms with E-state index in [1.165, 1.54) is 11.1 Å². The second-order valence-electron chi connectivity index (χ2n) is 4.68. The Labute approximate surface area is 113 Å². The second kappa shape index (κ2) is 6.53. The maximum Gasteiger partial charge on any atom is 0.0470 e. The molecule has 2 N–H and O–H groups in total. The minimum atomic E-state index is 0.293. The van der Waals surface area contributed by atoms with Gasteiger partial charge in [0, 0.05) is 23.1 Å². The van der Waals surface area contributed by atoms with Gasteiger partial charge in [0.2, 0.25) is 0 Å². The predicted molar refractivity (Wildman–Crippen MR) is 78.2 cm³/mol. The molecule has 2 unspecified atom stereocenters. The van der Waals surface area contributed by atoms with Gasteiger partial charge in [-0.25, -0.2) is 0 Å². The Morgan fingerprint density at radius 2 is 2.06 bits per heavy atom. The zero-order chi connectivity index (χ0) is 13.0. The monoisotopic (exact) mass is 298 g/mol. The number of likely N-dealkylation sites (N-methyl/N-ethyl adjacent to an activating group) is 1. The van der Waals surface area contributed by atoms with Crippen LogP contribution in [0.5, 0.6) is 0 Å². The first-order valence-corrected chi connectivity index (χ1v) is 6.98. The van der Waals surface area contributed by atoms with Crippen molar-refractivity contribution in [2.75, 3.05) is 13.6 Å². The molecule has 0 bridgehead atoms. The molecule has 0 aliphatic carbocycles. The second-order valence-corrected chi connectivity index (χ2v) is 5.54. The maximum absolute atomic E-state index is 5.93. The molecular formula is C14H23BrN2. The van der Waals surface area contributed by atoms with Gasteiger partial charge in [-0.3, -0.25) is 4.90 Å². The van der Waals surface area contributed by atoms with Gasteiger partial charge in [-0.15, -0.1) is 0 Å². The lowest BCUT2D eigenvalue weighted by Gasteiger charge is -2.32. The molecule has 0 saturated heterocycles. The highest BCUT2D eigenvalue weighted by atomic mass is 79.9. The van der Waals surface area contributed by atoms with Crippen LogP contribution in [0, 0.1) is 6.92 Å². The minimum Gasteiger partial charge on any atom is -0.329 e. The van der Waals surface area contributed by atoms with Gasteiger partial charge in [-0.2, -0.15) is 0 Å². The van der Waals surface area contributed by atoms with Crippen molar-refractivity contribution in [1.29, 1.82) is 0 Å². The van der Waals surface area contributed by atoms with Crippen molar-refractivity contribution < 1.29 is 0 Å². The Morgan fingerprint density at radius 3 is 2.53 bits per heavy atom. The van der Waals surface area contributed by atoms with Crippen molar-refractivity contribution in [1.82, 2.24) is 4.90 Å². The Balaban J connectivity index is 2.97. The molecule has 96 valence electrons. The highest BCUT2D eigenvalue weighted by Crippen LogP contribution is 2.26. The molecular weight excluding hydrogens is 276 g/mol. The highest BCUT2D eigenvalue weighted by Gasteiger charge is 2.19. The zero-order valence-electron chi connectivity index (χ0n) is 11.2. The summed E-state index contributed by atoms with van der Waals surface area (Å²) in [5.41, 5.74) is 8.47. The standard InChI is InChI=1S/C14H23BrN2/c1-5-11(3)17(4)14(9-16)12-7-6-10(2)13(15)8-12/h6-8,11,14H,5,9,16H2,1-4H3. The number of nitrogens with two attached hydrogens (primary N) is 1. The molecule has 3 heteroatoms. The molecule has 1 aromatic rings. The zero-order valence-corrected chi connectivity index (χ0v) is 12.8. The number of aryl methyl sites for hydroxylation is 1. The van der Waals surface area contributed by atoms with E-state index in [1.807, 2.05) is 0 Å². The lowest BCUT2D eigenvalue weighted by atomic mass is 10.0. The highest BCUT2D eigenvalue weighted by molar-refractivity contribution is 9.10. The van der Waals surface area contributed by atoms with Gasteiger partial charge in [0.25, 0.3) is 0 Å². The Morgan fingerprint density at radius 1 is 1.41 bits per heavy atom. The van der Waals surface area contributed by atoms with Crippen LogP contribution in [0.15, 0.2) is 22.7 Å². The lowest BCUT2D eigenvalue weighted by molar-refractivity contribution is 0.184. The Kier molecular flexibility index (Phi) is 5.63. The van der Waals surface area contributed by atoms with Crippen LogP contribution in [0.2, 0.25) is 0 Å². The van der Waals surface area contributed by atoms with E-state index in [1.54, 1.807) is 0 Å². The average Bonchev–Trinajstić information content (AvgIpc) is 2.33. The van der Waals surface area contributed by atoms with E-state index in [-0.39, 0.29) is 0 Å². The van der Waals surface area contributed by atoms with Gasteiger partial charge in [-0.1, -0.05) is 35.0 Å². The van der Waals surface area contributed by atoms with Gasteiger partial charge in [0.05, 0.1) is 0 Å². The van der Waals surface area contributed by atoms with Crippen molar-refractivity contribution in [3.8, 4) is 0 Å². The average molecular weight is 299 g/mol. The normalized spacial score (nSPS) is 15.0. The fraction of sp³-hybridized carbons (Fsp3) is 0.571. The van der Waals surface area contributed by atoms with Gasteiger partial charge in [0.1, 0.15) is 0 Å². The van der Waals surface area contributed by atoms with Crippen LogP contribution >= 0.6 is 15.9 Å². The van der Waals surface area contributed by atoms with Crippen LogP contribution in [0.4, 0.5) is 0 Å². The van der Waals surface area contributed by atoms with Crippen LogP contribution in [0.3, 0.4) is 0 Å². The molecule has 0 fully saturated rings. The molecule has 0 radical (unpaired) electrons. The number of nitrogens with zero attached hydrogens (tertiary/aromatic N) is 1. The number of benzene rings is 1. The molecule has 1 rings (SSSR count). The summed E-state index contributed by atoms with van der Waals surface area (Å²) in [5.74, 6) is 0. The fourth-order valence-electron chi connectivity index (χ4n) is 1.95. The third-order valence-corrected chi connectivity index (χ3v) is 4.44. The first-order valence-electron chi connectivity index (χ1n) is 6.19. The third-order valence-electron chi connectivity index (χ3n) is 3.58. The van der Waals surface area contributed by atoms with Gasteiger partial charge < -0.3 is 5.73 Å². The molecule has 0 amide bonds. The van der Waals surface area contributed by atoms with E-state index in [9.17, 15) is 0 Å². The molecule has 0 aromatic heterocycles. The van der Waals surface area contributed by atoms with Crippen LogP contribution in [-0.4, -0.2) is 24.5 Å². The van der Waals surface area contributed by atoms with Crippen molar-refractivity contribution in [2.24, 2.45) is 5.73 Å². The van der Waals surface area contributed by atoms with Crippen molar-refractivity contribution in [3.63, 3.8) is 0 Å². The van der Waals surface area contributed by atoms with Crippen molar-refractivity contribution in [3.05, 3.63) is 33.8 Å². The number of hydrogen-bond donors (Lipinski definition) is 1.